The molecule has 1 saturated heterocycles. The monoisotopic (exact) mass is 270 g/mol. The van der Waals surface area contributed by atoms with Gasteiger partial charge in [0.2, 0.25) is 0 Å². The number of hydrogen-bond donors (Lipinski definition) is 1. The van der Waals surface area contributed by atoms with Gasteiger partial charge in [-0.25, -0.2) is 0 Å². The first-order valence-corrected chi connectivity index (χ1v) is 8.34. The molecule has 0 aromatic carbocycles. The maximum absolute atomic E-state index is 6.34. The number of thioether (sulfide) groups is 1. The summed E-state index contributed by atoms with van der Waals surface area (Å²) in [5.41, 5.74) is 7.75. The van der Waals surface area contributed by atoms with E-state index in [0.717, 1.165) is 11.7 Å². The van der Waals surface area contributed by atoms with Gasteiger partial charge in [-0.15, -0.1) is 0 Å². The van der Waals surface area contributed by atoms with E-state index in [2.05, 4.69) is 47.3 Å². The lowest BCUT2D eigenvalue weighted by Gasteiger charge is -2.39. The van der Waals surface area contributed by atoms with E-state index in [1.54, 1.807) is 11.3 Å². The van der Waals surface area contributed by atoms with Crippen LogP contribution in [0.1, 0.15) is 31.9 Å². The van der Waals surface area contributed by atoms with Crippen molar-refractivity contribution in [3.63, 3.8) is 0 Å². The normalized spacial score (nSPS) is 25.7. The van der Waals surface area contributed by atoms with Crippen molar-refractivity contribution in [3.05, 3.63) is 22.4 Å². The summed E-state index contributed by atoms with van der Waals surface area (Å²) in [6.07, 6.45) is 1.04. The fourth-order valence-corrected chi connectivity index (χ4v) is 4.22. The molecule has 1 aromatic rings. The highest BCUT2D eigenvalue weighted by Crippen LogP contribution is 2.31. The van der Waals surface area contributed by atoms with Gasteiger partial charge in [0.25, 0.3) is 0 Å². The average Bonchev–Trinajstić information content (AvgIpc) is 2.83. The van der Waals surface area contributed by atoms with E-state index >= 15 is 0 Å². The lowest BCUT2D eigenvalue weighted by atomic mass is 9.98. The van der Waals surface area contributed by atoms with E-state index in [4.69, 9.17) is 5.73 Å². The van der Waals surface area contributed by atoms with Gasteiger partial charge in [0.1, 0.15) is 0 Å². The first-order valence-electron chi connectivity index (χ1n) is 6.35. The minimum absolute atomic E-state index is 0.250. The van der Waals surface area contributed by atoms with Crippen LogP contribution in [0.15, 0.2) is 16.8 Å². The molecular formula is C13H22N2S2. The molecule has 0 amide bonds. The molecule has 2 heterocycles. The van der Waals surface area contributed by atoms with Gasteiger partial charge in [-0.2, -0.15) is 23.1 Å². The zero-order valence-electron chi connectivity index (χ0n) is 10.6. The van der Waals surface area contributed by atoms with E-state index in [-0.39, 0.29) is 6.04 Å². The largest absolute Gasteiger partial charge is 0.326 e. The Hall–Kier alpha value is -0.0300. The zero-order valence-corrected chi connectivity index (χ0v) is 12.3. The van der Waals surface area contributed by atoms with E-state index in [9.17, 15) is 0 Å². The zero-order chi connectivity index (χ0) is 12.3. The summed E-state index contributed by atoms with van der Waals surface area (Å²) in [6, 6.07) is 2.89. The highest BCUT2D eigenvalue weighted by atomic mass is 32.2. The molecule has 0 spiro atoms. The number of rotatable bonds is 4. The van der Waals surface area contributed by atoms with Crippen molar-refractivity contribution in [2.75, 3.05) is 18.8 Å². The van der Waals surface area contributed by atoms with Crippen LogP contribution in [-0.2, 0) is 0 Å². The van der Waals surface area contributed by atoms with Crippen LogP contribution < -0.4 is 5.73 Å². The first-order chi connectivity index (χ1) is 8.22. The molecule has 1 aliphatic heterocycles. The molecule has 1 aliphatic rings. The molecule has 2 nitrogen and oxygen atoms in total. The Kier molecular flexibility index (Phi) is 4.91. The maximum atomic E-state index is 6.34. The van der Waals surface area contributed by atoms with Crippen LogP contribution in [0.25, 0.3) is 0 Å². The molecule has 2 N–H and O–H groups in total. The fourth-order valence-electron chi connectivity index (χ4n) is 2.49. The van der Waals surface area contributed by atoms with Gasteiger partial charge >= 0.3 is 0 Å². The molecule has 0 bridgehead atoms. The minimum atomic E-state index is 0.250. The smallest absolute Gasteiger partial charge is 0.0508 e. The summed E-state index contributed by atoms with van der Waals surface area (Å²) in [5, 5.41) is 5.15. The fraction of sp³-hybridized carbons (Fsp3) is 0.692. The Morgan fingerprint density at radius 1 is 1.59 bits per heavy atom. The van der Waals surface area contributed by atoms with Gasteiger partial charge in [-0.05, 0) is 28.8 Å². The van der Waals surface area contributed by atoms with E-state index in [0.29, 0.717) is 6.04 Å². The van der Waals surface area contributed by atoms with Crippen molar-refractivity contribution in [2.45, 2.75) is 37.6 Å². The van der Waals surface area contributed by atoms with Crippen molar-refractivity contribution < 1.29 is 0 Å². The Balaban J connectivity index is 2.15. The Labute approximate surface area is 113 Å². The Bertz CT molecular complexity index is 326. The lowest BCUT2D eigenvalue weighted by Crippen LogP contribution is -2.46. The molecule has 0 radical (unpaired) electrons. The molecule has 1 fully saturated rings. The van der Waals surface area contributed by atoms with E-state index in [1.165, 1.54) is 24.4 Å². The van der Waals surface area contributed by atoms with Crippen LogP contribution >= 0.6 is 23.1 Å². The van der Waals surface area contributed by atoms with Crippen LogP contribution in [0.2, 0.25) is 0 Å². The molecule has 17 heavy (non-hydrogen) atoms. The first kappa shape index (κ1) is 13.4. The van der Waals surface area contributed by atoms with Crippen molar-refractivity contribution >= 4 is 23.1 Å². The highest BCUT2D eigenvalue weighted by molar-refractivity contribution is 7.99. The molecular weight excluding hydrogens is 248 g/mol. The van der Waals surface area contributed by atoms with Crippen LogP contribution in [0, 0.1) is 0 Å². The number of thiophene rings is 1. The van der Waals surface area contributed by atoms with Gasteiger partial charge in [-0.3, -0.25) is 4.90 Å². The number of nitrogens with two attached hydrogens (primary N) is 1. The summed E-state index contributed by atoms with van der Waals surface area (Å²) < 4.78 is 0. The quantitative estimate of drug-likeness (QED) is 0.912. The van der Waals surface area contributed by atoms with Gasteiger partial charge in [0, 0.05) is 30.1 Å². The van der Waals surface area contributed by atoms with Gasteiger partial charge in [0.15, 0.2) is 0 Å². The highest BCUT2D eigenvalue weighted by Gasteiger charge is 2.29. The van der Waals surface area contributed by atoms with Crippen molar-refractivity contribution in [2.24, 2.45) is 5.73 Å². The Morgan fingerprint density at radius 3 is 3.00 bits per heavy atom. The maximum Gasteiger partial charge on any atom is 0.0508 e. The standard InChI is InChI=1S/C13H22N2S2/c1-3-12(14)13(11-4-6-16-9-11)15-5-7-17-10(2)8-15/h4,6,9-10,12-13H,3,5,7-8,14H2,1-2H3. The van der Waals surface area contributed by atoms with Gasteiger partial charge < -0.3 is 5.73 Å². The minimum Gasteiger partial charge on any atom is -0.326 e. The number of nitrogens with zero attached hydrogens (tertiary/aromatic N) is 1. The molecule has 3 unspecified atom stereocenters. The van der Waals surface area contributed by atoms with E-state index < -0.39 is 0 Å². The molecule has 0 aliphatic carbocycles. The Morgan fingerprint density at radius 2 is 2.41 bits per heavy atom. The third-order valence-corrected chi connectivity index (χ3v) is 5.27. The molecule has 1 aromatic heterocycles. The third-order valence-electron chi connectivity index (χ3n) is 3.43. The summed E-state index contributed by atoms with van der Waals surface area (Å²) in [7, 11) is 0. The van der Waals surface area contributed by atoms with Crippen LogP contribution in [-0.4, -0.2) is 35.0 Å². The predicted molar refractivity (Wildman–Crippen MR) is 78.8 cm³/mol. The van der Waals surface area contributed by atoms with Crippen molar-refractivity contribution in [1.82, 2.24) is 4.90 Å². The topological polar surface area (TPSA) is 29.3 Å². The molecule has 2 rings (SSSR count). The third kappa shape index (κ3) is 3.25. The number of hydrogen-bond acceptors (Lipinski definition) is 4. The average molecular weight is 270 g/mol. The molecule has 3 atom stereocenters. The van der Waals surface area contributed by atoms with Crippen molar-refractivity contribution in [1.29, 1.82) is 0 Å². The van der Waals surface area contributed by atoms with Crippen LogP contribution in [0.3, 0.4) is 0 Å². The summed E-state index contributed by atoms with van der Waals surface area (Å²) >= 11 is 3.85. The summed E-state index contributed by atoms with van der Waals surface area (Å²) in [4.78, 5) is 2.58. The second kappa shape index (κ2) is 6.23. The molecule has 4 heteroatoms. The summed E-state index contributed by atoms with van der Waals surface area (Å²) in [5.74, 6) is 1.23. The second-order valence-electron chi connectivity index (χ2n) is 4.75. The SMILES string of the molecule is CCC(N)C(c1ccsc1)N1CCSC(C)C1. The molecule has 0 saturated carbocycles. The molecule has 96 valence electrons. The van der Waals surface area contributed by atoms with Gasteiger partial charge in [-0.1, -0.05) is 13.8 Å². The van der Waals surface area contributed by atoms with Crippen molar-refractivity contribution in [3.8, 4) is 0 Å². The predicted octanol–water partition coefficient (Wildman–Crippen LogP) is 2.96. The lowest BCUT2D eigenvalue weighted by molar-refractivity contribution is 0.177. The van der Waals surface area contributed by atoms with E-state index in [1.807, 2.05) is 0 Å². The second-order valence-corrected chi connectivity index (χ2v) is 7.08. The van der Waals surface area contributed by atoms with Crippen LogP contribution in [0.5, 0.6) is 0 Å². The van der Waals surface area contributed by atoms with Gasteiger partial charge in [0.05, 0.1) is 6.04 Å². The summed E-state index contributed by atoms with van der Waals surface area (Å²) in [6.45, 7) is 6.84. The van der Waals surface area contributed by atoms with Crippen LogP contribution in [0.4, 0.5) is 0 Å².